The number of phenolic OH excluding ortho intramolecular Hbond substituents is 1. The molecule has 70 valence electrons. The smallest absolute Gasteiger partial charge is 0.124 e. The first-order valence-electron chi connectivity index (χ1n) is 4.16. The van der Waals surface area contributed by atoms with Crippen molar-refractivity contribution < 1.29 is 5.11 Å². The lowest BCUT2D eigenvalue weighted by atomic mass is 10.1. The van der Waals surface area contributed by atoms with Gasteiger partial charge in [-0.15, -0.1) is 0 Å². The fourth-order valence-corrected chi connectivity index (χ4v) is 1.45. The third-order valence-electron chi connectivity index (χ3n) is 1.95. The molecule has 0 atom stereocenters. The zero-order valence-electron chi connectivity index (χ0n) is 7.31. The first-order valence-corrected chi connectivity index (χ1v) is 4.54. The van der Waals surface area contributed by atoms with Crippen LogP contribution in [0.2, 0.25) is 5.02 Å². The summed E-state index contributed by atoms with van der Waals surface area (Å²) >= 11 is 5.73. The van der Waals surface area contributed by atoms with Crippen LogP contribution >= 0.6 is 11.6 Å². The molecule has 2 nitrogen and oxygen atoms in total. The van der Waals surface area contributed by atoms with Crippen LogP contribution in [0, 0.1) is 0 Å². The Labute approximate surface area is 86.8 Å². The molecule has 1 N–H and O–H groups in total. The molecule has 0 radical (unpaired) electrons. The van der Waals surface area contributed by atoms with Crippen molar-refractivity contribution in [3.05, 3.63) is 47.7 Å². The number of halogens is 1. The molecule has 0 unspecified atom stereocenters. The minimum absolute atomic E-state index is 0.184. The topological polar surface area (TPSA) is 33.1 Å². The van der Waals surface area contributed by atoms with Crippen LogP contribution in [0.25, 0.3) is 11.1 Å². The Bertz CT molecular complexity index is 442. The van der Waals surface area contributed by atoms with Gasteiger partial charge in [-0.05, 0) is 35.9 Å². The number of phenols is 1. The molecule has 0 saturated heterocycles. The Morgan fingerprint density at radius 2 is 1.79 bits per heavy atom. The summed E-state index contributed by atoms with van der Waals surface area (Å²) in [5.41, 5.74) is 1.69. The second-order valence-corrected chi connectivity index (χ2v) is 3.33. The molecule has 0 saturated carbocycles. The molecule has 0 spiro atoms. The lowest BCUT2D eigenvalue weighted by Gasteiger charge is -2.03. The SMILES string of the molecule is Oc1cc(Cl)ccc1-c1ccncc1. The monoisotopic (exact) mass is 205 g/mol. The van der Waals surface area contributed by atoms with E-state index in [1.54, 1.807) is 24.5 Å². The van der Waals surface area contributed by atoms with Crippen molar-refractivity contribution in [3.8, 4) is 16.9 Å². The Balaban J connectivity index is 2.53. The number of benzene rings is 1. The molecule has 0 amide bonds. The van der Waals surface area contributed by atoms with E-state index in [1.807, 2.05) is 12.1 Å². The Kier molecular flexibility index (Phi) is 2.37. The molecule has 0 bridgehead atoms. The molecule has 0 aliphatic rings. The van der Waals surface area contributed by atoms with Crippen molar-refractivity contribution in [1.82, 2.24) is 4.98 Å². The third-order valence-corrected chi connectivity index (χ3v) is 2.19. The molecule has 3 heteroatoms. The quantitative estimate of drug-likeness (QED) is 0.776. The Morgan fingerprint density at radius 3 is 2.43 bits per heavy atom. The molecule has 1 aromatic carbocycles. The van der Waals surface area contributed by atoms with Crippen molar-refractivity contribution in [3.63, 3.8) is 0 Å². The summed E-state index contributed by atoms with van der Waals surface area (Å²) in [6, 6.07) is 8.73. The number of rotatable bonds is 1. The van der Waals surface area contributed by atoms with Crippen LogP contribution in [0.1, 0.15) is 0 Å². The van der Waals surface area contributed by atoms with Gasteiger partial charge in [-0.2, -0.15) is 0 Å². The first-order chi connectivity index (χ1) is 6.77. The number of aromatic nitrogens is 1. The van der Waals surface area contributed by atoms with Crippen molar-refractivity contribution in [2.75, 3.05) is 0 Å². The maximum absolute atomic E-state index is 9.64. The number of pyridine rings is 1. The maximum atomic E-state index is 9.64. The number of hydrogen-bond donors (Lipinski definition) is 1. The van der Waals surface area contributed by atoms with E-state index >= 15 is 0 Å². The van der Waals surface area contributed by atoms with Crippen LogP contribution in [0.5, 0.6) is 5.75 Å². The average molecular weight is 206 g/mol. The molecule has 0 aliphatic carbocycles. The van der Waals surface area contributed by atoms with Crippen molar-refractivity contribution in [1.29, 1.82) is 0 Å². The molecule has 2 aromatic rings. The van der Waals surface area contributed by atoms with Gasteiger partial charge in [0.25, 0.3) is 0 Å². The average Bonchev–Trinajstić information content (AvgIpc) is 2.19. The lowest BCUT2D eigenvalue weighted by molar-refractivity contribution is 0.477. The van der Waals surface area contributed by atoms with Crippen LogP contribution in [0.4, 0.5) is 0 Å². The summed E-state index contributed by atoms with van der Waals surface area (Å²) in [7, 11) is 0. The van der Waals surface area contributed by atoms with E-state index in [4.69, 9.17) is 11.6 Å². The molecule has 0 aliphatic heterocycles. The van der Waals surface area contributed by atoms with E-state index in [2.05, 4.69) is 4.98 Å². The predicted octanol–water partition coefficient (Wildman–Crippen LogP) is 3.11. The first kappa shape index (κ1) is 9.03. The largest absolute Gasteiger partial charge is 0.507 e. The highest BCUT2D eigenvalue weighted by molar-refractivity contribution is 6.30. The molecule has 1 aromatic heterocycles. The van der Waals surface area contributed by atoms with Gasteiger partial charge in [-0.25, -0.2) is 0 Å². The number of hydrogen-bond acceptors (Lipinski definition) is 2. The second kappa shape index (κ2) is 3.68. The highest BCUT2D eigenvalue weighted by Gasteiger charge is 2.03. The Hall–Kier alpha value is -1.54. The molecule has 1 heterocycles. The van der Waals surface area contributed by atoms with Crippen molar-refractivity contribution >= 4 is 11.6 Å². The van der Waals surface area contributed by atoms with Gasteiger partial charge in [-0.1, -0.05) is 11.6 Å². The van der Waals surface area contributed by atoms with Gasteiger partial charge in [0.05, 0.1) is 0 Å². The third kappa shape index (κ3) is 1.70. The normalized spacial score (nSPS) is 10.1. The van der Waals surface area contributed by atoms with Gasteiger partial charge in [0.2, 0.25) is 0 Å². The van der Waals surface area contributed by atoms with Crippen LogP contribution in [0.3, 0.4) is 0 Å². The number of nitrogens with zero attached hydrogens (tertiary/aromatic N) is 1. The van der Waals surface area contributed by atoms with Crippen LogP contribution in [-0.4, -0.2) is 10.1 Å². The fraction of sp³-hybridized carbons (Fsp3) is 0. The van der Waals surface area contributed by atoms with Gasteiger partial charge >= 0.3 is 0 Å². The summed E-state index contributed by atoms with van der Waals surface area (Å²) in [4.78, 5) is 3.91. The van der Waals surface area contributed by atoms with Crippen molar-refractivity contribution in [2.45, 2.75) is 0 Å². The van der Waals surface area contributed by atoms with E-state index in [0.717, 1.165) is 11.1 Å². The predicted molar refractivity (Wildman–Crippen MR) is 56.3 cm³/mol. The summed E-state index contributed by atoms with van der Waals surface area (Å²) in [6.45, 7) is 0. The van der Waals surface area contributed by atoms with Crippen molar-refractivity contribution in [2.24, 2.45) is 0 Å². The molecular formula is C11H8ClNO. The van der Waals surface area contributed by atoms with E-state index in [-0.39, 0.29) is 5.75 Å². The molecule has 14 heavy (non-hydrogen) atoms. The summed E-state index contributed by atoms with van der Waals surface area (Å²) in [5, 5.41) is 10.2. The molecule has 0 fully saturated rings. The van der Waals surface area contributed by atoms with E-state index < -0.39 is 0 Å². The fourth-order valence-electron chi connectivity index (χ4n) is 1.28. The Morgan fingerprint density at radius 1 is 1.07 bits per heavy atom. The minimum atomic E-state index is 0.184. The van der Waals surface area contributed by atoms with Gasteiger partial charge in [0.15, 0.2) is 0 Å². The van der Waals surface area contributed by atoms with Gasteiger partial charge in [0.1, 0.15) is 5.75 Å². The highest BCUT2D eigenvalue weighted by atomic mass is 35.5. The minimum Gasteiger partial charge on any atom is -0.507 e. The summed E-state index contributed by atoms with van der Waals surface area (Å²) < 4.78 is 0. The van der Waals surface area contributed by atoms with E-state index in [1.165, 1.54) is 6.07 Å². The zero-order chi connectivity index (χ0) is 9.97. The van der Waals surface area contributed by atoms with Gasteiger partial charge < -0.3 is 5.11 Å². The molecule has 2 rings (SSSR count). The summed E-state index contributed by atoms with van der Waals surface area (Å²) in [5.74, 6) is 0.184. The van der Waals surface area contributed by atoms with Gasteiger partial charge in [0, 0.05) is 23.0 Å². The van der Waals surface area contributed by atoms with Crippen LogP contribution in [0.15, 0.2) is 42.7 Å². The number of aromatic hydroxyl groups is 1. The van der Waals surface area contributed by atoms with E-state index in [0.29, 0.717) is 5.02 Å². The lowest BCUT2D eigenvalue weighted by Crippen LogP contribution is -1.79. The van der Waals surface area contributed by atoms with Crippen LogP contribution < -0.4 is 0 Å². The van der Waals surface area contributed by atoms with Gasteiger partial charge in [-0.3, -0.25) is 4.98 Å². The summed E-state index contributed by atoms with van der Waals surface area (Å²) in [6.07, 6.45) is 3.37. The van der Waals surface area contributed by atoms with Crippen LogP contribution in [-0.2, 0) is 0 Å². The standard InChI is InChI=1S/C11H8ClNO/c12-9-1-2-10(11(14)7-9)8-3-5-13-6-4-8/h1-7,14H. The zero-order valence-corrected chi connectivity index (χ0v) is 8.07. The highest BCUT2D eigenvalue weighted by Crippen LogP contribution is 2.30. The second-order valence-electron chi connectivity index (χ2n) is 2.90. The van der Waals surface area contributed by atoms with E-state index in [9.17, 15) is 5.11 Å². The maximum Gasteiger partial charge on any atom is 0.124 e. The molecular weight excluding hydrogens is 198 g/mol.